The zero-order valence-corrected chi connectivity index (χ0v) is 10.7. The van der Waals surface area contributed by atoms with Crippen molar-refractivity contribution in [3.8, 4) is 0 Å². The molecule has 84 valence electrons. The van der Waals surface area contributed by atoms with Crippen LogP contribution < -0.4 is 4.80 Å². The van der Waals surface area contributed by atoms with E-state index in [1.165, 1.54) is 11.1 Å². The van der Waals surface area contributed by atoms with Crippen LogP contribution in [0.2, 0.25) is 0 Å². The molecule has 0 amide bonds. The molecule has 0 saturated carbocycles. The van der Waals surface area contributed by atoms with Crippen molar-refractivity contribution in [1.82, 2.24) is 4.57 Å². The van der Waals surface area contributed by atoms with E-state index in [1.54, 1.807) is 11.3 Å². The van der Waals surface area contributed by atoms with Crippen molar-refractivity contribution in [3.63, 3.8) is 0 Å². The van der Waals surface area contributed by atoms with E-state index >= 15 is 0 Å². The molecule has 0 fully saturated rings. The molecule has 2 nitrogen and oxygen atoms in total. The van der Waals surface area contributed by atoms with E-state index in [0.717, 1.165) is 16.9 Å². The molecule has 0 bridgehead atoms. The van der Waals surface area contributed by atoms with Gasteiger partial charge in [-0.1, -0.05) is 19.1 Å². The first-order valence-corrected chi connectivity index (χ1v) is 6.33. The lowest BCUT2D eigenvalue weighted by atomic mass is 10.1. The van der Waals surface area contributed by atoms with Crippen LogP contribution in [0.4, 0.5) is 5.69 Å². The third-order valence-corrected chi connectivity index (χ3v) is 3.49. The Labute approximate surface area is 99.9 Å². The molecule has 0 saturated heterocycles. The first-order chi connectivity index (χ1) is 7.70. The van der Waals surface area contributed by atoms with Gasteiger partial charge in [0.2, 0.25) is 0 Å². The van der Waals surface area contributed by atoms with Crippen molar-refractivity contribution in [2.75, 3.05) is 0 Å². The number of benzene rings is 1. The Morgan fingerprint density at radius 2 is 2.19 bits per heavy atom. The molecule has 0 aliphatic carbocycles. The normalized spacial score (nSPS) is 12.1. The fraction of sp³-hybridized carbons (Fsp3) is 0.308. The number of hydrogen-bond donors (Lipinski definition) is 0. The van der Waals surface area contributed by atoms with Gasteiger partial charge in [0.05, 0.1) is 5.69 Å². The topological polar surface area (TPSA) is 17.3 Å². The Kier molecular flexibility index (Phi) is 3.25. The van der Waals surface area contributed by atoms with Gasteiger partial charge in [-0.2, -0.15) is 0 Å². The molecule has 1 heterocycles. The van der Waals surface area contributed by atoms with E-state index < -0.39 is 0 Å². The van der Waals surface area contributed by atoms with Crippen molar-refractivity contribution in [1.29, 1.82) is 0 Å². The van der Waals surface area contributed by atoms with Gasteiger partial charge in [-0.25, -0.2) is 4.99 Å². The third kappa shape index (κ3) is 2.25. The number of aryl methyl sites for hydroxylation is 3. The summed E-state index contributed by atoms with van der Waals surface area (Å²) in [6.45, 7) is 4.29. The quantitative estimate of drug-likeness (QED) is 0.756. The molecular formula is C13H16N2S. The predicted octanol–water partition coefficient (Wildman–Crippen LogP) is 3.19. The largest absolute Gasteiger partial charge is 0.327 e. The minimum atomic E-state index is 1.03. The summed E-state index contributed by atoms with van der Waals surface area (Å²) in [5, 5.41) is 2.05. The van der Waals surface area contributed by atoms with Crippen molar-refractivity contribution >= 4 is 17.0 Å². The first-order valence-electron chi connectivity index (χ1n) is 5.45. The van der Waals surface area contributed by atoms with E-state index in [1.807, 2.05) is 17.8 Å². The van der Waals surface area contributed by atoms with Crippen molar-refractivity contribution in [2.45, 2.75) is 20.3 Å². The Balaban J connectivity index is 2.47. The van der Waals surface area contributed by atoms with Crippen LogP contribution in [0.25, 0.3) is 0 Å². The highest BCUT2D eigenvalue weighted by molar-refractivity contribution is 7.07. The summed E-state index contributed by atoms with van der Waals surface area (Å²) in [6, 6.07) is 6.47. The number of rotatable bonds is 2. The first kappa shape index (κ1) is 11.1. The zero-order valence-electron chi connectivity index (χ0n) is 9.90. The second-order valence-corrected chi connectivity index (χ2v) is 4.76. The average molecular weight is 232 g/mol. The summed E-state index contributed by atoms with van der Waals surface area (Å²) >= 11 is 1.66. The van der Waals surface area contributed by atoms with Gasteiger partial charge in [0.25, 0.3) is 0 Å². The van der Waals surface area contributed by atoms with Gasteiger partial charge in [0, 0.05) is 18.6 Å². The molecule has 2 rings (SSSR count). The lowest BCUT2D eigenvalue weighted by Gasteiger charge is -2.02. The van der Waals surface area contributed by atoms with Crippen molar-refractivity contribution in [3.05, 3.63) is 45.7 Å². The van der Waals surface area contributed by atoms with Gasteiger partial charge in [0.15, 0.2) is 4.80 Å². The summed E-state index contributed by atoms with van der Waals surface area (Å²) in [5.74, 6) is 0. The number of nitrogens with zero attached hydrogens (tertiary/aromatic N) is 2. The highest BCUT2D eigenvalue weighted by atomic mass is 32.1. The molecule has 1 aromatic carbocycles. The molecule has 0 aliphatic rings. The monoisotopic (exact) mass is 232 g/mol. The van der Waals surface area contributed by atoms with E-state index in [2.05, 4.69) is 42.4 Å². The second-order valence-electron chi connectivity index (χ2n) is 3.88. The third-order valence-electron chi connectivity index (χ3n) is 2.65. The van der Waals surface area contributed by atoms with Gasteiger partial charge in [-0.05, 0) is 30.5 Å². The average Bonchev–Trinajstić information content (AvgIpc) is 2.67. The number of aromatic nitrogens is 1. The predicted molar refractivity (Wildman–Crippen MR) is 69.1 cm³/mol. The molecule has 0 N–H and O–H groups in total. The summed E-state index contributed by atoms with van der Waals surface area (Å²) in [4.78, 5) is 5.69. The van der Waals surface area contributed by atoms with Crippen LogP contribution in [-0.2, 0) is 13.5 Å². The van der Waals surface area contributed by atoms with Crippen LogP contribution in [0, 0.1) is 6.92 Å². The van der Waals surface area contributed by atoms with Crippen LogP contribution in [0.5, 0.6) is 0 Å². The fourth-order valence-electron chi connectivity index (χ4n) is 1.60. The molecule has 0 spiro atoms. The number of thiazole rings is 1. The highest BCUT2D eigenvalue weighted by Crippen LogP contribution is 2.19. The Hall–Kier alpha value is -1.35. The minimum absolute atomic E-state index is 1.03. The summed E-state index contributed by atoms with van der Waals surface area (Å²) in [5.41, 5.74) is 3.68. The minimum Gasteiger partial charge on any atom is -0.327 e. The van der Waals surface area contributed by atoms with E-state index in [4.69, 9.17) is 0 Å². The summed E-state index contributed by atoms with van der Waals surface area (Å²) < 4.78 is 2.04. The Morgan fingerprint density at radius 1 is 1.38 bits per heavy atom. The van der Waals surface area contributed by atoms with Gasteiger partial charge in [-0.15, -0.1) is 11.3 Å². The zero-order chi connectivity index (χ0) is 11.5. The van der Waals surface area contributed by atoms with Crippen molar-refractivity contribution < 1.29 is 0 Å². The van der Waals surface area contributed by atoms with Crippen LogP contribution in [0.1, 0.15) is 18.1 Å². The molecule has 1 aromatic heterocycles. The summed E-state index contributed by atoms with van der Waals surface area (Å²) in [7, 11) is 2.02. The van der Waals surface area contributed by atoms with Gasteiger partial charge >= 0.3 is 0 Å². The van der Waals surface area contributed by atoms with Crippen LogP contribution in [0.3, 0.4) is 0 Å². The van der Waals surface area contributed by atoms with Crippen LogP contribution in [-0.4, -0.2) is 4.57 Å². The molecule has 0 radical (unpaired) electrons. The molecule has 16 heavy (non-hydrogen) atoms. The molecular weight excluding hydrogens is 216 g/mol. The number of hydrogen-bond acceptors (Lipinski definition) is 2. The van der Waals surface area contributed by atoms with E-state index in [9.17, 15) is 0 Å². The Bertz CT molecular complexity index is 549. The van der Waals surface area contributed by atoms with Crippen molar-refractivity contribution in [2.24, 2.45) is 12.0 Å². The summed E-state index contributed by atoms with van der Waals surface area (Å²) in [6.07, 6.45) is 3.10. The highest BCUT2D eigenvalue weighted by Gasteiger charge is 1.98. The molecule has 3 heteroatoms. The molecule has 2 aromatic rings. The van der Waals surface area contributed by atoms with Crippen LogP contribution >= 0.6 is 11.3 Å². The van der Waals surface area contributed by atoms with E-state index in [0.29, 0.717) is 0 Å². The van der Waals surface area contributed by atoms with Gasteiger partial charge < -0.3 is 4.57 Å². The second kappa shape index (κ2) is 4.66. The fourth-order valence-corrected chi connectivity index (χ4v) is 2.34. The lowest BCUT2D eigenvalue weighted by Crippen LogP contribution is -2.08. The smallest absolute Gasteiger partial charge is 0.189 e. The maximum Gasteiger partial charge on any atom is 0.189 e. The van der Waals surface area contributed by atoms with Crippen LogP contribution in [0.15, 0.2) is 34.8 Å². The lowest BCUT2D eigenvalue weighted by molar-refractivity contribution is 0.873. The molecule has 0 atom stereocenters. The Morgan fingerprint density at radius 3 is 2.75 bits per heavy atom. The molecule has 0 unspecified atom stereocenters. The van der Waals surface area contributed by atoms with Gasteiger partial charge in [0.1, 0.15) is 0 Å². The maximum absolute atomic E-state index is 4.66. The maximum atomic E-state index is 4.66. The van der Waals surface area contributed by atoms with Gasteiger partial charge in [-0.3, -0.25) is 0 Å². The standard InChI is InChI=1S/C13H16N2S/c1-4-11-5-6-12(10(2)9-11)14-13-15(3)7-8-16-13/h5-9H,4H2,1-3H3. The SMILES string of the molecule is CCc1ccc(N=c2sccn2C)c(C)c1. The van der Waals surface area contributed by atoms with E-state index in [-0.39, 0.29) is 0 Å². The molecule has 0 aliphatic heterocycles.